The normalized spacial score (nSPS) is 13.8. The summed E-state index contributed by atoms with van der Waals surface area (Å²) in [4.78, 5) is 2.08. The van der Waals surface area contributed by atoms with E-state index in [0.29, 0.717) is 12.1 Å². The topological polar surface area (TPSA) is 15.3 Å². The number of nitrogens with one attached hydrogen (secondary N) is 1. The van der Waals surface area contributed by atoms with E-state index < -0.39 is 11.6 Å². The Balaban J connectivity index is 3.52. The molecule has 0 saturated carbocycles. The van der Waals surface area contributed by atoms with Gasteiger partial charge in [-0.15, -0.1) is 0 Å². The SMILES string of the molecule is CCNC(c1c(F)ccc(C)c1F)C(CC)(CC)N(C)C. The highest BCUT2D eigenvalue weighted by atomic mass is 19.1. The summed E-state index contributed by atoms with van der Waals surface area (Å²) in [6.07, 6.45) is 1.61. The molecule has 2 nitrogen and oxygen atoms in total. The number of hydrogen-bond donors (Lipinski definition) is 1. The Kier molecular flexibility index (Phi) is 6.29. The van der Waals surface area contributed by atoms with E-state index in [2.05, 4.69) is 24.1 Å². The van der Waals surface area contributed by atoms with Gasteiger partial charge in [0.1, 0.15) is 11.6 Å². The minimum Gasteiger partial charge on any atom is -0.308 e. The second kappa shape index (κ2) is 7.32. The van der Waals surface area contributed by atoms with E-state index in [1.807, 2.05) is 21.0 Å². The van der Waals surface area contributed by atoms with Crippen molar-refractivity contribution >= 4 is 0 Å². The summed E-state index contributed by atoms with van der Waals surface area (Å²) in [7, 11) is 3.95. The molecular formula is C17H28F2N2. The van der Waals surface area contributed by atoms with Crippen LogP contribution >= 0.6 is 0 Å². The number of likely N-dealkylation sites (N-methyl/N-ethyl adjacent to an activating group) is 2. The molecule has 1 aromatic rings. The van der Waals surface area contributed by atoms with Gasteiger partial charge in [-0.1, -0.05) is 26.8 Å². The zero-order valence-corrected chi connectivity index (χ0v) is 14.1. The first kappa shape index (κ1) is 18.1. The van der Waals surface area contributed by atoms with Gasteiger partial charge < -0.3 is 10.2 Å². The van der Waals surface area contributed by atoms with E-state index in [4.69, 9.17) is 0 Å². The molecule has 0 amide bonds. The molecule has 1 atom stereocenters. The zero-order chi connectivity index (χ0) is 16.2. The van der Waals surface area contributed by atoms with Crippen molar-refractivity contribution < 1.29 is 8.78 Å². The lowest BCUT2D eigenvalue weighted by Crippen LogP contribution is -2.53. The number of hydrogen-bond acceptors (Lipinski definition) is 2. The molecule has 0 aliphatic heterocycles. The van der Waals surface area contributed by atoms with E-state index in [0.717, 1.165) is 12.8 Å². The molecule has 1 N–H and O–H groups in total. The molecule has 0 radical (unpaired) electrons. The molecule has 0 aromatic heterocycles. The van der Waals surface area contributed by atoms with Crippen LogP contribution in [-0.4, -0.2) is 31.1 Å². The lowest BCUT2D eigenvalue weighted by molar-refractivity contribution is 0.0853. The second-order valence-corrected chi connectivity index (χ2v) is 5.79. The van der Waals surface area contributed by atoms with Crippen LogP contribution in [0.4, 0.5) is 8.78 Å². The van der Waals surface area contributed by atoms with Crippen molar-refractivity contribution in [2.24, 2.45) is 0 Å². The monoisotopic (exact) mass is 298 g/mol. The van der Waals surface area contributed by atoms with Gasteiger partial charge in [-0.05, 0) is 52.0 Å². The molecule has 0 fully saturated rings. The molecule has 0 saturated heterocycles. The van der Waals surface area contributed by atoms with Crippen LogP contribution in [0.2, 0.25) is 0 Å². The van der Waals surface area contributed by atoms with Crippen LogP contribution in [0.15, 0.2) is 12.1 Å². The molecule has 120 valence electrons. The summed E-state index contributed by atoms with van der Waals surface area (Å²) in [5.41, 5.74) is 0.314. The highest BCUT2D eigenvalue weighted by Crippen LogP contribution is 2.38. The van der Waals surface area contributed by atoms with Gasteiger partial charge in [-0.25, -0.2) is 8.78 Å². The van der Waals surface area contributed by atoms with Crippen LogP contribution in [0.25, 0.3) is 0 Å². The molecule has 21 heavy (non-hydrogen) atoms. The van der Waals surface area contributed by atoms with Gasteiger partial charge in [0.05, 0.1) is 6.04 Å². The van der Waals surface area contributed by atoms with Crippen LogP contribution in [-0.2, 0) is 0 Å². The maximum absolute atomic E-state index is 14.6. The Bertz CT molecular complexity index is 468. The van der Waals surface area contributed by atoms with Crippen molar-refractivity contribution in [3.63, 3.8) is 0 Å². The highest BCUT2D eigenvalue weighted by Gasteiger charge is 2.41. The molecule has 0 heterocycles. The predicted molar refractivity (Wildman–Crippen MR) is 84.5 cm³/mol. The third-order valence-corrected chi connectivity index (χ3v) is 4.67. The molecule has 0 aliphatic rings. The molecule has 1 aromatic carbocycles. The summed E-state index contributed by atoms with van der Waals surface area (Å²) in [6, 6.07) is 2.48. The zero-order valence-electron chi connectivity index (χ0n) is 14.1. The van der Waals surface area contributed by atoms with E-state index in [-0.39, 0.29) is 17.1 Å². The Morgan fingerprint density at radius 3 is 2.14 bits per heavy atom. The van der Waals surface area contributed by atoms with Gasteiger partial charge in [0.2, 0.25) is 0 Å². The van der Waals surface area contributed by atoms with Gasteiger partial charge in [0, 0.05) is 11.1 Å². The molecule has 1 rings (SSSR count). The largest absolute Gasteiger partial charge is 0.308 e. The molecule has 0 aliphatic carbocycles. The van der Waals surface area contributed by atoms with Crippen LogP contribution in [0, 0.1) is 18.6 Å². The van der Waals surface area contributed by atoms with Crippen molar-refractivity contribution in [1.29, 1.82) is 0 Å². The predicted octanol–water partition coefficient (Wildman–Crippen LogP) is 4.04. The molecule has 0 spiro atoms. The smallest absolute Gasteiger partial charge is 0.133 e. The van der Waals surface area contributed by atoms with Crippen LogP contribution < -0.4 is 5.32 Å². The van der Waals surface area contributed by atoms with E-state index in [1.54, 1.807) is 6.92 Å². The number of rotatable bonds is 7. The minimum atomic E-state index is -0.475. The Labute approximate surface area is 127 Å². The number of nitrogens with zero attached hydrogens (tertiary/aromatic N) is 1. The first-order chi connectivity index (χ1) is 9.85. The molecule has 0 bridgehead atoms. The Morgan fingerprint density at radius 1 is 1.14 bits per heavy atom. The maximum Gasteiger partial charge on any atom is 0.133 e. The number of aryl methyl sites for hydroxylation is 1. The van der Waals surface area contributed by atoms with E-state index in [1.165, 1.54) is 12.1 Å². The lowest BCUT2D eigenvalue weighted by atomic mass is 9.78. The van der Waals surface area contributed by atoms with Crippen molar-refractivity contribution in [3.05, 3.63) is 34.9 Å². The second-order valence-electron chi connectivity index (χ2n) is 5.79. The first-order valence-corrected chi connectivity index (χ1v) is 7.70. The van der Waals surface area contributed by atoms with E-state index in [9.17, 15) is 8.78 Å². The van der Waals surface area contributed by atoms with Gasteiger partial charge in [0.25, 0.3) is 0 Å². The van der Waals surface area contributed by atoms with Gasteiger partial charge in [-0.3, -0.25) is 0 Å². The molecule has 4 heteroatoms. The number of benzene rings is 1. The summed E-state index contributed by atoms with van der Waals surface area (Å²) in [5, 5.41) is 3.31. The highest BCUT2D eigenvalue weighted by molar-refractivity contribution is 5.32. The van der Waals surface area contributed by atoms with Crippen LogP contribution in [0.5, 0.6) is 0 Å². The minimum absolute atomic E-state index is 0.161. The fourth-order valence-corrected chi connectivity index (χ4v) is 3.26. The lowest BCUT2D eigenvalue weighted by Gasteiger charge is -2.46. The summed E-state index contributed by atoms with van der Waals surface area (Å²) < 4.78 is 29.0. The fourth-order valence-electron chi connectivity index (χ4n) is 3.26. The third kappa shape index (κ3) is 3.27. The molecule has 1 unspecified atom stereocenters. The van der Waals surface area contributed by atoms with Gasteiger partial charge >= 0.3 is 0 Å². The van der Waals surface area contributed by atoms with Crippen LogP contribution in [0.3, 0.4) is 0 Å². The third-order valence-electron chi connectivity index (χ3n) is 4.67. The average molecular weight is 298 g/mol. The van der Waals surface area contributed by atoms with Crippen molar-refractivity contribution in [2.75, 3.05) is 20.6 Å². The standard InChI is InChI=1S/C17H28F2N2/c1-7-17(8-2,21(5)6)16(20-9-3)14-13(18)11-10-12(4)15(14)19/h10-11,16,20H,7-9H2,1-6H3. The first-order valence-electron chi connectivity index (χ1n) is 7.70. The van der Waals surface area contributed by atoms with Crippen molar-refractivity contribution in [3.8, 4) is 0 Å². The quantitative estimate of drug-likeness (QED) is 0.817. The Morgan fingerprint density at radius 2 is 1.71 bits per heavy atom. The average Bonchev–Trinajstić information content (AvgIpc) is 2.45. The number of halogens is 2. The van der Waals surface area contributed by atoms with Crippen LogP contribution in [0.1, 0.15) is 50.8 Å². The summed E-state index contributed by atoms with van der Waals surface area (Å²) in [6.45, 7) is 8.44. The summed E-state index contributed by atoms with van der Waals surface area (Å²) in [5.74, 6) is -0.911. The van der Waals surface area contributed by atoms with Gasteiger partial charge in [-0.2, -0.15) is 0 Å². The maximum atomic E-state index is 14.6. The van der Waals surface area contributed by atoms with Gasteiger partial charge in [0.15, 0.2) is 0 Å². The van der Waals surface area contributed by atoms with Crippen molar-refractivity contribution in [1.82, 2.24) is 10.2 Å². The fraction of sp³-hybridized carbons (Fsp3) is 0.647. The van der Waals surface area contributed by atoms with E-state index >= 15 is 0 Å². The Hall–Kier alpha value is -1.00. The van der Waals surface area contributed by atoms with Crippen molar-refractivity contribution in [2.45, 2.75) is 52.1 Å². The summed E-state index contributed by atoms with van der Waals surface area (Å²) >= 11 is 0. The molecular weight excluding hydrogens is 270 g/mol.